The minimum Gasteiger partial charge on any atom is -0.381 e. The van der Waals surface area contributed by atoms with Gasteiger partial charge in [0.1, 0.15) is 5.60 Å². The maximum absolute atomic E-state index is 10.5. The topological polar surface area (TPSA) is 20.2 Å². The van der Waals surface area contributed by atoms with Crippen molar-refractivity contribution in [2.45, 2.75) is 25.9 Å². The van der Waals surface area contributed by atoms with E-state index in [4.69, 9.17) is 0 Å². The maximum atomic E-state index is 10.5. The van der Waals surface area contributed by atoms with E-state index in [2.05, 4.69) is 32.0 Å². The Hall–Kier alpha value is -1.34. The molecule has 78 valence electrons. The predicted octanol–water partition coefficient (Wildman–Crippen LogP) is 3.01. The molecule has 1 heteroatoms. The molecule has 1 N–H and O–H groups in total. The molecule has 1 unspecified atom stereocenters. The average molecular weight is 200 g/mol. The van der Waals surface area contributed by atoms with Gasteiger partial charge in [0.2, 0.25) is 0 Å². The maximum Gasteiger partial charge on any atom is 0.111 e. The van der Waals surface area contributed by atoms with E-state index in [-0.39, 0.29) is 0 Å². The SMILES string of the molecule is Cc1cc(C)cc(C2(O)C=CC=CC2)c1. The third kappa shape index (κ3) is 2.02. The molecule has 0 amide bonds. The van der Waals surface area contributed by atoms with Crippen molar-refractivity contribution in [3.63, 3.8) is 0 Å². The van der Waals surface area contributed by atoms with Crippen molar-refractivity contribution in [3.05, 3.63) is 59.2 Å². The highest BCUT2D eigenvalue weighted by Gasteiger charge is 2.25. The highest BCUT2D eigenvalue weighted by molar-refractivity contribution is 5.37. The van der Waals surface area contributed by atoms with Crippen LogP contribution in [0.15, 0.2) is 42.5 Å². The molecule has 0 radical (unpaired) electrons. The first-order chi connectivity index (χ1) is 7.10. The lowest BCUT2D eigenvalue weighted by Gasteiger charge is -2.26. The molecule has 1 aromatic carbocycles. The fourth-order valence-electron chi connectivity index (χ4n) is 2.05. The Labute approximate surface area is 90.8 Å². The van der Waals surface area contributed by atoms with Crippen LogP contribution in [0.3, 0.4) is 0 Å². The van der Waals surface area contributed by atoms with Crippen LogP contribution < -0.4 is 0 Å². The summed E-state index contributed by atoms with van der Waals surface area (Å²) in [6.45, 7) is 4.12. The highest BCUT2D eigenvalue weighted by Crippen LogP contribution is 2.30. The van der Waals surface area contributed by atoms with Gasteiger partial charge in [-0.05, 0) is 25.5 Å². The van der Waals surface area contributed by atoms with Crippen molar-refractivity contribution in [3.8, 4) is 0 Å². The number of hydrogen-bond acceptors (Lipinski definition) is 1. The molecule has 15 heavy (non-hydrogen) atoms. The summed E-state index contributed by atoms with van der Waals surface area (Å²) in [4.78, 5) is 0. The Kier molecular flexibility index (Phi) is 2.49. The molecule has 1 aromatic rings. The number of hydrogen-bond donors (Lipinski definition) is 1. The number of allylic oxidation sites excluding steroid dienone is 2. The van der Waals surface area contributed by atoms with E-state index in [1.807, 2.05) is 24.3 Å². The van der Waals surface area contributed by atoms with E-state index >= 15 is 0 Å². The van der Waals surface area contributed by atoms with E-state index in [9.17, 15) is 5.11 Å². The number of benzene rings is 1. The third-order valence-electron chi connectivity index (χ3n) is 2.77. The molecule has 2 rings (SSSR count). The zero-order chi connectivity index (χ0) is 10.9. The lowest BCUT2D eigenvalue weighted by Crippen LogP contribution is -2.23. The van der Waals surface area contributed by atoms with Gasteiger partial charge in [-0.15, -0.1) is 0 Å². The van der Waals surface area contributed by atoms with Crippen LogP contribution in [0.1, 0.15) is 23.1 Å². The molecule has 0 heterocycles. The smallest absolute Gasteiger partial charge is 0.111 e. The van der Waals surface area contributed by atoms with E-state index in [0.717, 1.165) is 5.56 Å². The molecule has 0 saturated carbocycles. The van der Waals surface area contributed by atoms with Gasteiger partial charge in [0, 0.05) is 6.42 Å². The average Bonchev–Trinajstić information content (AvgIpc) is 2.17. The van der Waals surface area contributed by atoms with Gasteiger partial charge >= 0.3 is 0 Å². The summed E-state index contributed by atoms with van der Waals surface area (Å²) in [6.07, 6.45) is 8.39. The first-order valence-electron chi connectivity index (χ1n) is 5.26. The second-order valence-electron chi connectivity index (χ2n) is 4.29. The van der Waals surface area contributed by atoms with Gasteiger partial charge in [-0.25, -0.2) is 0 Å². The van der Waals surface area contributed by atoms with E-state index < -0.39 is 5.60 Å². The molecule has 0 bridgehead atoms. The van der Waals surface area contributed by atoms with Crippen molar-refractivity contribution in [2.24, 2.45) is 0 Å². The summed E-state index contributed by atoms with van der Waals surface area (Å²) in [5.41, 5.74) is 2.56. The molecule has 1 aliphatic carbocycles. The third-order valence-corrected chi connectivity index (χ3v) is 2.77. The van der Waals surface area contributed by atoms with E-state index in [0.29, 0.717) is 6.42 Å². The number of rotatable bonds is 1. The van der Waals surface area contributed by atoms with Crippen LogP contribution >= 0.6 is 0 Å². The molecular weight excluding hydrogens is 184 g/mol. The van der Waals surface area contributed by atoms with Crippen LogP contribution in [-0.2, 0) is 5.60 Å². The second kappa shape index (κ2) is 3.67. The molecule has 0 spiro atoms. The molecule has 0 aromatic heterocycles. The van der Waals surface area contributed by atoms with Gasteiger partial charge in [-0.2, -0.15) is 0 Å². The monoisotopic (exact) mass is 200 g/mol. The second-order valence-corrected chi connectivity index (χ2v) is 4.29. The van der Waals surface area contributed by atoms with Crippen molar-refractivity contribution >= 4 is 0 Å². The van der Waals surface area contributed by atoms with Crippen LogP contribution in [0.5, 0.6) is 0 Å². The van der Waals surface area contributed by atoms with Gasteiger partial charge in [0.05, 0.1) is 0 Å². The van der Waals surface area contributed by atoms with Gasteiger partial charge in [0.15, 0.2) is 0 Å². The summed E-state index contributed by atoms with van der Waals surface area (Å²) in [5.74, 6) is 0. The van der Waals surface area contributed by atoms with Crippen molar-refractivity contribution in [2.75, 3.05) is 0 Å². The fourth-order valence-corrected chi connectivity index (χ4v) is 2.05. The van der Waals surface area contributed by atoms with Gasteiger partial charge in [0.25, 0.3) is 0 Å². The molecule has 0 saturated heterocycles. The van der Waals surface area contributed by atoms with Crippen molar-refractivity contribution in [1.29, 1.82) is 0 Å². The highest BCUT2D eigenvalue weighted by atomic mass is 16.3. The Morgan fingerprint density at radius 3 is 2.27 bits per heavy atom. The summed E-state index contributed by atoms with van der Waals surface area (Å²) in [7, 11) is 0. The summed E-state index contributed by atoms with van der Waals surface area (Å²) in [6, 6.07) is 6.22. The molecule has 0 fully saturated rings. The zero-order valence-corrected chi connectivity index (χ0v) is 9.20. The first-order valence-corrected chi connectivity index (χ1v) is 5.26. The molecule has 1 atom stereocenters. The molecule has 1 aliphatic rings. The van der Waals surface area contributed by atoms with Gasteiger partial charge in [-0.3, -0.25) is 0 Å². The zero-order valence-electron chi connectivity index (χ0n) is 9.20. The fraction of sp³-hybridized carbons (Fsp3) is 0.286. The Bertz CT molecular complexity index is 409. The van der Waals surface area contributed by atoms with E-state index in [1.54, 1.807) is 0 Å². The number of aryl methyl sites for hydroxylation is 2. The summed E-state index contributed by atoms with van der Waals surface area (Å²) < 4.78 is 0. The largest absolute Gasteiger partial charge is 0.381 e. The number of aliphatic hydroxyl groups is 1. The summed E-state index contributed by atoms with van der Waals surface area (Å²) >= 11 is 0. The van der Waals surface area contributed by atoms with E-state index in [1.165, 1.54) is 11.1 Å². The predicted molar refractivity (Wildman–Crippen MR) is 62.7 cm³/mol. The Balaban J connectivity index is 2.44. The van der Waals surface area contributed by atoms with Crippen molar-refractivity contribution < 1.29 is 5.11 Å². The van der Waals surface area contributed by atoms with Crippen LogP contribution in [0, 0.1) is 13.8 Å². The molecule has 1 nitrogen and oxygen atoms in total. The quantitative estimate of drug-likeness (QED) is 0.738. The molecule has 0 aliphatic heterocycles. The van der Waals surface area contributed by atoms with Gasteiger partial charge < -0.3 is 5.11 Å². The van der Waals surface area contributed by atoms with Crippen LogP contribution in [0.25, 0.3) is 0 Å². The van der Waals surface area contributed by atoms with Crippen molar-refractivity contribution in [1.82, 2.24) is 0 Å². The first kappa shape index (κ1) is 10.2. The Morgan fingerprint density at radius 2 is 1.73 bits per heavy atom. The Morgan fingerprint density at radius 1 is 1.07 bits per heavy atom. The minimum absolute atomic E-state index is 0.659. The van der Waals surface area contributed by atoms with Crippen LogP contribution in [0.2, 0.25) is 0 Å². The standard InChI is InChI=1S/C14H16O/c1-11-8-12(2)10-13(9-11)14(15)6-4-3-5-7-14/h3-6,8-10,15H,7H2,1-2H3. The van der Waals surface area contributed by atoms with Gasteiger partial charge in [-0.1, -0.05) is 47.6 Å². The van der Waals surface area contributed by atoms with Crippen LogP contribution in [0.4, 0.5) is 0 Å². The lowest BCUT2D eigenvalue weighted by molar-refractivity contribution is 0.0915. The summed E-state index contributed by atoms with van der Waals surface area (Å²) in [5, 5.41) is 10.5. The normalized spacial score (nSPS) is 24.5. The minimum atomic E-state index is -0.814. The van der Waals surface area contributed by atoms with Crippen LogP contribution in [-0.4, -0.2) is 5.11 Å². The molecular formula is C14H16O. The lowest BCUT2D eigenvalue weighted by atomic mass is 9.86.